The fraction of sp³-hybridized carbons (Fsp3) is 0.375. The van der Waals surface area contributed by atoms with Gasteiger partial charge in [0.1, 0.15) is 0 Å². The van der Waals surface area contributed by atoms with Gasteiger partial charge in [-0.2, -0.15) is 0 Å². The molecule has 1 aromatic heterocycles. The summed E-state index contributed by atoms with van der Waals surface area (Å²) >= 11 is 5.45. The zero-order valence-corrected chi connectivity index (χ0v) is 8.29. The van der Waals surface area contributed by atoms with Crippen LogP contribution in [-0.4, -0.2) is 28.4 Å². The molecule has 14 heavy (non-hydrogen) atoms. The molecule has 0 spiro atoms. The molecule has 0 bridgehead atoms. The van der Waals surface area contributed by atoms with Crippen molar-refractivity contribution in [2.24, 2.45) is 0 Å². The summed E-state index contributed by atoms with van der Waals surface area (Å²) in [5, 5.41) is 5.16. The smallest absolute Gasteiger partial charge is 0.320 e. The van der Waals surface area contributed by atoms with E-state index in [1.807, 2.05) is 0 Å². The van der Waals surface area contributed by atoms with Gasteiger partial charge in [-0.3, -0.25) is 10.3 Å². The van der Waals surface area contributed by atoms with E-state index in [1.165, 1.54) is 18.6 Å². The van der Waals surface area contributed by atoms with Crippen LogP contribution in [0.15, 0.2) is 18.6 Å². The Morgan fingerprint density at radius 1 is 1.50 bits per heavy atom. The van der Waals surface area contributed by atoms with E-state index in [0.29, 0.717) is 18.2 Å². The Labute approximate surface area is 86.9 Å². The molecule has 1 rings (SSSR count). The van der Waals surface area contributed by atoms with Crippen molar-refractivity contribution >= 4 is 23.4 Å². The van der Waals surface area contributed by atoms with Gasteiger partial charge in [-0.05, 0) is 6.42 Å². The highest BCUT2D eigenvalue weighted by molar-refractivity contribution is 6.17. The second-order valence-corrected chi connectivity index (χ2v) is 2.89. The van der Waals surface area contributed by atoms with Gasteiger partial charge < -0.3 is 5.32 Å². The van der Waals surface area contributed by atoms with Gasteiger partial charge >= 0.3 is 6.03 Å². The number of carbonyl (C=O) groups excluding carboxylic acids is 1. The van der Waals surface area contributed by atoms with Crippen LogP contribution in [-0.2, 0) is 0 Å². The number of urea groups is 1. The summed E-state index contributed by atoms with van der Waals surface area (Å²) in [5.41, 5.74) is 0. The summed E-state index contributed by atoms with van der Waals surface area (Å²) in [7, 11) is 0. The third-order valence-electron chi connectivity index (χ3n) is 1.40. The molecule has 0 aliphatic rings. The minimum absolute atomic E-state index is 0.296. The lowest BCUT2D eigenvalue weighted by Gasteiger charge is -2.04. The average molecular weight is 215 g/mol. The maximum absolute atomic E-state index is 11.2. The lowest BCUT2D eigenvalue weighted by molar-refractivity contribution is 0.252. The zero-order valence-electron chi connectivity index (χ0n) is 7.53. The zero-order chi connectivity index (χ0) is 10.2. The van der Waals surface area contributed by atoms with E-state index in [1.54, 1.807) is 0 Å². The van der Waals surface area contributed by atoms with Crippen molar-refractivity contribution in [3.05, 3.63) is 18.6 Å². The van der Waals surface area contributed by atoms with Gasteiger partial charge in [0.15, 0.2) is 5.82 Å². The quantitative estimate of drug-likeness (QED) is 0.585. The van der Waals surface area contributed by atoms with Crippen molar-refractivity contribution in [3.8, 4) is 0 Å². The number of alkyl halides is 1. The van der Waals surface area contributed by atoms with Crippen molar-refractivity contribution < 1.29 is 4.79 Å². The van der Waals surface area contributed by atoms with E-state index in [-0.39, 0.29) is 6.03 Å². The molecule has 0 aliphatic carbocycles. The molecule has 0 aromatic carbocycles. The van der Waals surface area contributed by atoms with Gasteiger partial charge in [-0.25, -0.2) is 9.78 Å². The number of amides is 2. The molecule has 0 saturated carbocycles. The number of carbonyl (C=O) groups is 1. The minimum atomic E-state index is -0.296. The molecule has 0 unspecified atom stereocenters. The molecule has 76 valence electrons. The molecular formula is C8H11ClN4O. The van der Waals surface area contributed by atoms with E-state index in [4.69, 9.17) is 11.6 Å². The largest absolute Gasteiger partial charge is 0.338 e. The Kier molecular flexibility index (Phi) is 4.71. The molecule has 0 radical (unpaired) electrons. The van der Waals surface area contributed by atoms with E-state index in [0.717, 1.165) is 6.42 Å². The van der Waals surface area contributed by atoms with E-state index >= 15 is 0 Å². The summed E-state index contributed by atoms with van der Waals surface area (Å²) in [6, 6.07) is -0.296. The number of hydrogen-bond donors (Lipinski definition) is 2. The van der Waals surface area contributed by atoms with Crippen molar-refractivity contribution in [2.45, 2.75) is 6.42 Å². The van der Waals surface area contributed by atoms with Crippen LogP contribution in [0.3, 0.4) is 0 Å². The lowest BCUT2D eigenvalue weighted by atomic mass is 10.5. The second-order valence-electron chi connectivity index (χ2n) is 2.51. The fourth-order valence-electron chi connectivity index (χ4n) is 0.793. The third-order valence-corrected chi connectivity index (χ3v) is 1.67. The number of anilines is 1. The van der Waals surface area contributed by atoms with E-state index in [9.17, 15) is 4.79 Å². The second kappa shape index (κ2) is 6.15. The van der Waals surface area contributed by atoms with E-state index < -0.39 is 0 Å². The van der Waals surface area contributed by atoms with Gasteiger partial charge in [-0.1, -0.05) is 0 Å². The number of halogens is 1. The SMILES string of the molecule is O=C(NCCCCl)Nc1cnccn1. The van der Waals surface area contributed by atoms with Gasteiger partial charge in [0.2, 0.25) is 0 Å². The molecule has 6 heteroatoms. The summed E-state index contributed by atoms with van der Waals surface area (Å²) < 4.78 is 0. The monoisotopic (exact) mass is 214 g/mol. The van der Waals surface area contributed by atoms with Crippen molar-refractivity contribution in [3.63, 3.8) is 0 Å². The van der Waals surface area contributed by atoms with E-state index in [2.05, 4.69) is 20.6 Å². The number of nitrogens with one attached hydrogen (secondary N) is 2. The Bertz CT molecular complexity index is 280. The molecule has 1 aromatic rings. The van der Waals surface area contributed by atoms with Crippen molar-refractivity contribution in [2.75, 3.05) is 17.7 Å². The summed E-state index contributed by atoms with van der Waals surface area (Å²) in [4.78, 5) is 18.8. The molecule has 0 atom stereocenters. The molecule has 2 amide bonds. The molecule has 0 saturated heterocycles. The van der Waals surface area contributed by atoms with Crippen LogP contribution in [0.5, 0.6) is 0 Å². The van der Waals surface area contributed by atoms with Gasteiger partial charge in [0.25, 0.3) is 0 Å². The highest BCUT2D eigenvalue weighted by Crippen LogP contribution is 1.95. The highest BCUT2D eigenvalue weighted by Gasteiger charge is 2.00. The lowest BCUT2D eigenvalue weighted by Crippen LogP contribution is -2.30. The maximum atomic E-state index is 11.2. The van der Waals surface area contributed by atoms with Crippen LogP contribution in [0.4, 0.5) is 10.6 Å². The van der Waals surface area contributed by atoms with Gasteiger partial charge in [0.05, 0.1) is 6.20 Å². The summed E-state index contributed by atoms with van der Waals surface area (Å²) in [6.45, 7) is 0.551. The number of rotatable bonds is 4. The molecule has 5 nitrogen and oxygen atoms in total. The number of hydrogen-bond acceptors (Lipinski definition) is 3. The Morgan fingerprint density at radius 3 is 3.00 bits per heavy atom. The van der Waals surface area contributed by atoms with Crippen LogP contribution < -0.4 is 10.6 Å². The summed E-state index contributed by atoms with van der Waals surface area (Å²) in [5.74, 6) is 0.960. The molecular weight excluding hydrogens is 204 g/mol. The predicted molar refractivity (Wildman–Crippen MR) is 54.4 cm³/mol. The number of nitrogens with zero attached hydrogens (tertiary/aromatic N) is 2. The Hall–Kier alpha value is -1.36. The standard InChI is InChI=1S/C8H11ClN4O/c9-2-1-3-12-8(14)13-7-6-10-4-5-11-7/h4-6H,1-3H2,(H2,11,12,13,14). The Balaban J connectivity index is 2.27. The molecule has 2 N–H and O–H groups in total. The minimum Gasteiger partial charge on any atom is -0.338 e. The molecule has 1 heterocycles. The van der Waals surface area contributed by atoms with Crippen molar-refractivity contribution in [1.82, 2.24) is 15.3 Å². The first-order valence-electron chi connectivity index (χ1n) is 4.20. The first-order chi connectivity index (χ1) is 6.83. The highest BCUT2D eigenvalue weighted by atomic mass is 35.5. The number of aromatic nitrogens is 2. The van der Waals surface area contributed by atoms with Gasteiger partial charge in [-0.15, -0.1) is 11.6 Å². The topological polar surface area (TPSA) is 66.9 Å². The van der Waals surface area contributed by atoms with Gasteiger partial charge in [0, 0.05) is 24.8 Å². The maximum Gasteiger partial charge on any atom is 0.320 e. The average Bonchev–Trinajstić information content (AvgIpc) is 2.20. The van der Waals surface area contributed by atoms with Crippen LogP contribution in [0, 0.1) is 0 Å². The molecule has 0 fully saturated rings. The van der Waals surface area contributed by atoms with Crippen LogP contribution in [0.1, 0.15) is 6.42 Å². The van der Waals surface area contributed by atoms with Crippen LogP contribution in [0.25, 0.3) is 0 Å². The predicted octanol–water partition coefficient (Wildman–Crippen LogP) is 1.23. The van der Waals surface area contributed by atoms with Crippen molar-refractivity contribution in [1.29, 1.82) is 0 Å². The Morgan fingerprint density at radius 2 is 2.36 bits per heavy atom. The van der Waals surface area contributed by atoms with Crippen LogP contribution in [0.2, 0.25) is 0 Å². The first-order valence-corrected chi connectivity index (χ1v) is 4.73. The fourth-order valence-corrected chi connectivity index (χ4v) is 0.927. The first kappa shape index (κ1) is 10.7. The summed E-state index contributed by atoms with van der Waals surface area (Å²) in [6.07, 6.45) is 5.27. The normalized spacial score (nSPS) is 9.50. The third kappa shape index (κ3) is 4.04. The molecule has 0 aliphatic heterocycles. The van der Waals surface area contributed by atoms with Crippen LogP contribution >= 0.6 is 11.6 Å².